The van der Waals surface area contributed by atoms with Crippen LogP contribution in [0.15, 0.2) is 24.3 Å². The number of carbonyl (C=O) groups is 2. The maximum atomic E-state index is 11.9. The van der Waals surface area contributed by atoms with Crippen molar-refractivity contribution in [3.05, 3.63) is 24.3 Å². The molecule has 0 aromatic heterocycles. The van der Waals surface area contributed by atoms with Gasteiger partial charge in [-0.25, -0.2) is 0 Å². The van der Waals surface area contributed by atoms with Gasteiger partial charge < -0.3 is 9.47 Å². The van der Waals surface area contributed by atoms with E-state index in [-0.39, 0.29) is 11.9 Å². The molecule has 0 fully saturated rings. The number of hydrogen-bond donors (Lipinski definition) is 0. The minimum Gasteiger partial charge on any atom is -0.468 e. The lowest BCUT2D eigenvalue weighted by atomic mass is 9.67. The van der Waals surface area contributed by atoms with Crippen LogP contribution in [-0.2, 0) is 19.1 Å². The highest BCUT2D eigenvalue weighted by Crippen LogP contribution is 2.57. The van der Waals surface area contributed by atoms with Crippen molar-refractivity contribution in [2.75, 3.05) is 14.2 Å². The van der Waals surface area contributed by atoms with Crippen LogP contribution in [0, 0.1) is 10.8 Å². The summed E-state index contributed by atoms with van der Waals surface area (Å²) in [6.07, 6.45) is 8.22. The van der Waals surface area contributed by atoms with Gasteiger partial charge in [0.15, 0.2) is 0 Å². The number of hydrogen-bond acceptors (Lipinski definition) is 4. The molecule has 0 spiro atoms. The molecule has 16 heavy (non-hydrogen) atoms. The third kappa shape index (κ3) is 1.04. The quantitative estimate of drug-likeness (QED) is 0.521. The van der Waals surface area contributed by atoms with Crippen LogP contribution >= 0.6 is 0 Å². The van der Waals surface area contributed by atoms with Crippen LogP contribution in [0.1, 0.15) is 12.8 Å². The van der Waals surface area contributed by atoms with Gasteiger partial charge in [0.1, 0.15) is 10.8 Å². The number of methoxy groups -OCH3 is 2. The Bertz CT molecular complexity index is 358. The molecule has 0 aromatic rings. The molecule has 4 heteroatoms. The van der Waals surface area contributed by atoms with Crippen LogP contribution in [0.5, 0.6) is 0 Å². The largest absolute Gasteiger partial charge is 0.468 e. The number of ether oxygens (including phenoxy) is 2. The SMILES string of the molecule is COC(=O)[C@@]12C=CC[C@]1(C(=O)OC)C=CC2. The van der Waals surface area contributed by atoms with Crippen LogP contribution in [0.4, 0.5) is 0 Å². The minimum atomic E-state index is -0.894. The summed E-state index contributed by atoms with van der Waals surface area (Å²) < 4.78 is 9.64. The van der Waals surface area contributed by atoms with Crippen LogP contribution < -0.4 is 0 Å². The molecule has 0 bridgehead atoms. The third-order valence-corrected chi connectivity index (χ3v) is 3.58. The van der Waals surface area contributed by atoms with Crippen molar-refractivity contribution in [1.82, 2.24) is 0 Å². The van der Waals surface area contributed by atoms with Crippen LogP contribution in [0.25, 0.3) is 0 Å². The van der Waals surface area contributed by atoms with Crippen molar-refractivity contribution in [2.45, 2.75) is 12.8 Å². The zero-order chi connectivity index (χ0) is 11.8. The first-order valence-electron chi connectivity index (χ1n) is 5.15. The number of carbonyl (C=O) groups excluding carboxylic acids is 2. The van der Waals surface area contributed by atoms with Gasteiger partial charge >= 0.3 is 11.9 Å². The van der Waals surface area contributed by atoms with Crippen molar-refractivity contribution in [1.29, 1.82) is 0 Å². The lowest BCUT2D eigenvalue weighted by molar-refractivity contribution is -0.166. The Balaban J connectivity index is 2.48. The molecular formula is C12H14O4. The van der Waals surface area contributed by atoms with Crippen LogP contribution in [0.3, 0.4) is 0 Å². The molecular weight excluding hydrogens is 208 g/mol. The lowest BCUT2D eigenvalue weighted by Crippen LogP contribution is -2.46. The monoisotopic (exact) mass is 222 g/mol. The summed E-state index contributed by atoms with van der Waals surface area (Å²) in [4.78, 5) is 23.8. The van der Waals surface area contributed by atoms with E-state index in [9.17, 15) is 9.59 Å². The van der Waals surface area contributed by atoms with Gasteiger partial charge in [-0.1, -0.05) is 24.3 Å². The number of rotatable bonds is 2. The molecule has 4 nitrogen and oxygen atoms in total. The van der Waals surface area contributed by atoms with Crippen LogP contribution in [0.2, 0.25) is 0 Å². The van der Waals surface area contributed by atoms with Gasteiger partial charge in [0.05, 0.1) is 14.2 Å². The molecule has 0 N–H and O–H groups in total. The molecule has 0 saturated heterocycles. The zero-order valence-corrected chi connectivity index (χ0v) is 9.36. The maximum Gasteiger partial charge on any atom is 0.317 e. The van der Waals surface area contributed by atoms with Gasteiger partial charge in [-0.15, -0.1) is 0 Å². The first-order chi connectivity index (χ1) is 7.63. The number of fused-ring (bicyclic) bond motifs is 1. The molecule has 2 aliphatic rings. The van der Waals surface area contributed by atoms with Crippen molar-refractivity contribution < 1.29 is 19.1 Å². The summed E-state index contributed by atoms with van der Waals surface area (Å²) in [5, 5.41) is 0. The lowest BCUT2D eigenvalue weighted by Gasteiger charge is -2.34. The highest BCUT2D eigenvalue weighted by Gasteiger charge is 2.63. The topological polar surface area (TPSA) is 52.6 Å². The molecule has 0 radical (unpaired) electrons. The maximum absolute atomic E-state index is 11.9. The van der Waals surface area contributed by atoms with E-state index < -0.39 is 10.8 Å². The van der Waals surface area contributed by atoms with Crippen molar-refractivity contribution in [3.8, 4) is 0 Å². The Labute approximate surface area is 93.9 Å². The van der Waals surface area contributed by atoms with Crippen LogP contribution in [-0.4, -0.2) is 26.2 Å². The van der Waals surface area contributed by atoms with E-state index >= 15 is 0 Å². The summed E-state index contributed by atoms with van der Waals surface area (Å²) in [6.45, 7) is 0. The summed E-state index contributed by atoms with van der Waals surface area (Å²) in [5.41, 5.74) is -1.79. The Kier molecular flexibility index (Phi) is 2.37. The molecule has 0 heterocycles. The Morgan fingerprint density at radius 3 is 1.62 bits per heavy atom. The van der Waals surface area contributed by atoms with Crippen molar-refractivity contribution in [2.24, 2.45) is 10.8 Å². The Morgan fingerprint density at radius 1 is 0.938 bits per heavy atom. The zero-order valence-electron chi connectivity index (χ0n) is 9.36. The number of allylic oxidation sites excluding steroid dienone is 2. The second kappa shape index (κ2) is 3.47. The van der Waals surface area contributed by atoms with E-state index in [0.29, 0.717) is 12.8 Å². The summed E-state index contributed by atoms with van der Waals surface area (Å²) in [7, 11) is 2.67. The fourth-order valence-electron chi connectivity index (χ4n) is 2.72. The van der Waals surface area contributed by atoms with E-state index in [1.54, 1.807) is 12.2 Å². The standard InChI is InChI=1S/C12H14O4/c1-15-9(13)11-5-3-7-12(11,8-4-6-11)10(14)16-2/h3-5,8H,6-7H2,1-2H3/t11-,12+/m0/s1. The second-order valence-corrected chi connectivity index (χ2v) is 4.14. The highest BCUT2D eigenvalue weighted by molar-refractivity contribution is 5.94. The summed E-state index contributed by atoms with van der Waals surface area (Å²) in [5.74, 6) is -0.756. The van der Waals surface area contributed by atoms with Gasteiger partial charge in [0.2, 0.25) is 0 Å². The molecule has 0 aromatic carbocycles. The van der Waals surface area contributed by atoms with E-state index in [0.717, 1.165) is 0 Å². The first kappa shape index (κ1) is 10.9. The molecule has 0 amide bonds. The Morgan fingerprint density at radius 2 is 1.31 bits per heavy atom. The highest BCUT2D eigenvalue weighted by atomic mass is 16.5. The van der Waals surface area contributed by atoms with Gasteiger partial charge in [0, 0.05) is 0 Å². The Hall–Kier alpha value is -1.58. The average Bonchev–Trinajstić information content (AvgIpc) is 2.82. The van der Waals surface area contributed by atoms with E-state index in [4.69, 9.17) is 9.47 Å². The molecule has 86 valence electrons. The summed E-state index contributed by atoms with van der Waals surface area (Å²) in [6, 6.07) is 0. The first-order valence-corrected chi connectivity index (χ1v) is 5.15. The predicted molar refractivity (Wildman–Crippen MR) is 56.4 cm³/mol. The third-order valence-electron chi connectivity index (χ3n) is 3.58. The minimum absolute atomic E-state index is 0.378. The molecule has 0 saturated carbocycles. The van der Waals surface area contributed by atoms with E-state index in [1.165, 1.54) is 14.2 Å². The fourth-order valence-corrected chi connectivity index (χ4v) is 2.72. The summed E-state index contributed by atoms with van der Waals surface area (Å²) >= 11 is 0. The van der Waals surface area contributed by atoms with Gasteiger partial charge in [-0.05, 0) is 12.8 Å². The average molecular weight is 222 g/mol. The number of esters is 2. The molecule has 2 rings (SSSR count). The smallest absolute Gasteiger partial charge is 0.317 e. The predicted octanol–water partition coefficient (Wildman–Crippen LogP) is 1.22. The van der Waals surface area contributed by atoms with Gasteiger partial charge in [-0.2, -0.15) is 0 Å². The fraction of sp³-hybridized carbons (Fsp3) is 0.500. The van der Waals surface area contributed by atoms with Crippen molar-refractivity contribution >= 4 is 11.9 Å². The van der Waals surface area contributed by atoms with Gasteiger partial charge in [-0.3, -0.25) is 9.59 Å². The van der Waals surface area contributed by atoms with Gasteiger partial charge in [0.25, 0.3) is 0 Å². The van der Waals surface area contributed by atoms with E-state index in [2.05, 4.69) is 0 Å². The molecule has 2 atom stereocenters. The molecule has 0 aliphatic heterocycles. The molecule has 2 aliphatic carbocycles. The normalized spacial score (nSPS) is 34.9. The molecule has 0 unspecified atom stereocenters. The van der Waals surface area contributed by atoms with Crippen molar-refractivity contribution in [3.63, 3.8) is 0 Å². The van der Waals surface area contributed by atoms with E-state index in [1.807, 2.05) is 12.2 Å². The second-order valence-electron chi connectivity index (χ2n) is 4.14.